The molecule has 118 valence electrons. The minimum atomic E-state index is -1.78. The Balaban J connectivity index is 3.32. The van der Waals surface area contributed by atoms with Crippen LogP contribution in [0.2, 0.25) is 0 Å². The lowest BCUT2D eigenvalue weighted by atomic mass is 10.2. The number of carbonyl (C=O) groups excluding carboxylic acids is 2. The molecule has 1 rings (SSSR count). The summed E-state index contributed by atoms with van der Waals surface area (Å²) in [6.45, 7) is 1.65. The minimum Gasteiger partial charge on any atom is -0.545 e. The number of carboxylic acid groups (broad SMARTS) is 1. The van der Waals surface area contributed by atoms with Crippen LogP contribution in [-0.4, -0.2) is 34.1 Å². The number of thioether (sulfide) groups is 1. The fourth-order valence-corrected chi connectivity index (χ4v) is 2.38. The van der Waals surface area contributed by atoms with Crippen LogP contribution < -0.4 is 5.11 Å². The molecular formula is C11H9N2O8S-. The second-order valence-corrected chi connectivity index (χ2v) is 4.72. The summed E-state index contributed by atoms with van der Waals surface area (Å²) in [5.74, 6) is -2.88. The third kappa shape index (κ3) is 4.15. The van der Waals surface area contributed by atoms with Crippen molar-refractivity contribution in [1.82, 2.24) is 0 Å². The predicted molar refractivity (Wildman–Crippen MR) is 71.4 cm³/mol. The summed E-state index contributed by atoms with van der Waals surface area (Å²) in [4.78, 5) is 41.7. The first-order valence-electron chi connectivity index (χ1n) is 5.74. The number of benzene rings is 1. The molecule has 0 radical (unpaired) electrons. The zero-order valence-corrected chi connectivity index (χ0v) is 12.0. The van der Waals surface area contributed by atoms with Crippen molar-refractivity contribution in [1.29, 1.82) is 0 Å². The summed E-state index contributed by atoms with van der Waals surface area (Å²) in [7, 11) is 0. The van der Waals surface area contributed by atoms with E-state index in [0.29, 0.717) is 23.9 Å². The number of hydrogen-bond donors (Lipinski definition) is 0. The molecule has 0 saturated heterocycles. The van der Waals surface area contributed by atoms with Crippen LogP contribution in [0.15, 0.2) is 17.0 Å². The Labute approximate surface area is 127 Å². The lowest BCUT2D eigenvalue weighted by Crippen LogP contribution is -2.22. The van der Waals surface area contributed by atoms with Crippen LogP contribution in [0, 0.1) is 20.2 Å². The highest BCUT2D eigenvalue weighted by Gasteiger charge is 2.28. The zero-order chi connectivity index (χ0) is 16.9. The number of hydrogen-bond acceptors (Lipinski definition) is 9. The van der Waals surface area contributed by atoms with Crippen molar-refractivity contribution in [3.8, 4) is 0 Å². The van der Waals surface area contributed by atoms with Crippen molar-refractivity contribution in [3.63, 3.8) is 0 Å². The van der Waals surface area contributed by atoms with E-state index >= 15 is 0 Å². The van der Waals surface area contributed by atoms with Gasteiger partial charge in [-0.3, -0.25) is 25.0 Å². The molecule has 1 aromatic carbocycles. The van der Waals surface area contributed by atoms with E-state index in [-0.39, 0.29) is 12.4 Å². The van der Waals surface area contributed by atoms with Crippen molar-refractivity contribution in [2.75, 3.05) is 12.4 Å². The van der Waals surface area contributed by atoms with Crippen LogP contribution in [0.1, 0.15) is 17.3 Å². The lowest BCUT2D eigenvalue weighted by molar-refractivity contribution is -0.399. The highest BCUT2D eigenvalue weighted by molar-refractivity contribution is 8.00. The molecule has 0 amide bonds. The van der Waals surface area contributed by atoms with Crippen LogP contribution in [0.25, 0.3) is 0 Å². The second-order valence-electron chi connectivity index (χ2n) is 3.74. The van der Waals surface area contributed by atoms with Gasteiger partial charge in [0, 0.05) is 17.7 Å². The van der Waals surface area contributed by atoms with Gasteiger partial charge < -0.3 is 14.6 Å². The van der Waals surface area contributed by atoms with E-state index in [1.165, 1.54) is 0 Å². The molecule has 0 heterocycles. The van der Waals surface area contributed by atoms with Gasteiger partial charge in [-0.05, 0) is 6.92 Å². The fraction of sp³-hybridized carbons (Fsp3) is 0.273. The molecule has 0 aliphatic rings. The molecule has 11 heteroatoms. The van der Waals surface area contributed by atoms with Gasteiger partial charge in [-0.15, -0.1) is 11.8 Å². The summed E-state index contributed by atoms with van der Waals surface area (Å²) in [5, 5.41) is 32.7. The second kappa shape index (κ2) is 7.36. The third-order valence-corrected chi connectivity index (χ3v) is 3.41. The summed E-state index contributed by atoms with van der Waals surface area (Å²) >= 11 is 0.528. The maximum absolute atomic E-state index is 11.3. The molecule has 0 bridgehead atoms. The topological polar surface area (TPSA) is 153 Å². The van der Waals surface area contributed by atoms with Gasteiger partial charge in [0.15, 0.2) is 4.90 Å². The third-order valence-electron chi connectivity index (χ3n) is 2.32. The number of rotatable bonds is 7. The molecule has 0 aliphatic carbocycles. The zero-order valence-electron chi connectivity index (χ0n) is 11.1. The molecular weight excluding hydrogens is 320 g/mol. The first-order chi connectivity index (χ1) is 10.3. The van der Waals surface area contributed by atoms with Gasteiger partial charge in [0.1, 0.15) is 0 Å². The molecule has 0 fully saturated rings. The Morgan fingerprint density at radius 1 is 1.18 bits per heavy atom. The maximum Gasteiger partial charge on any atom is 0.316 e. The smallest absolute Gasteiger partial charge is 0.316 e. The first-order valence-corrected chi connectivity index (χ1v) is 6.73. The normalized spacial score (nSPS) is 10.0. The number of nitrogens with zero attached hydrogens (tertiary/aromatic N) is 2. The highest BCUT2D eigenvalue weighted by Crippen LogP contribution is 2.38. The van der Waals surface area contributed by atoms with E-state index in [1.54, 1.807) is 6.92 Å². The molecule has 0 aromatic heterocycles. The number of ether oxygens (including phenoxy) is 1. The number of carboxylic acids is 1. The van der Waals surface area contributed by atoms with E-state index < -0.39 is 43.6 Å². The van der Waals surface area contributed by atoms with Crippen molar-refractivity contribution < 1.29 is 29.3 Å². The summed E-state index contributed by atoms with van der Waals surface area (Å²) < 4.78 is 4.62. The summed E-state index contributed by atoms with van der Waals surface area (Å²) in [6, 6.07) is 1.30. The van der Waals surface area contributed by atoms with Gasteiger partial charge in [-0.25, -0.2) is 0 Å². The van der Waals surface area contributed by atoms with E-state index in [2.05, 4.69) is 4.74 Å². The van der Waals surface area contributed by atoms with E-state index in [1.807, 2.05) is 0 Å². The molecule has 0 N–H and O–H groups in total. The van der Waals surface area contributed by atoms with Crippen molar-refractivity contribution in [2.24, 2.45) is 0 Å². The summed E-state index contributed by atoms with van der Waals surface area (Å²) in [5.41, 5.74) is -2.27. The van der Waals surface area contributed by atoms with Gasteiger partial charge in [-0.2, -0.15) is 0 Å². The Kier molecular flexibility index (Phi) is 5.81. The lowest BCUT2D eigenvalue weighted by Gasteiger charge is -2.07. The van der Waals surface area contributed by atoms with Crippen molar-refractivity contribution in [2.45, 2.75) is 11.8 Å². The fourth-order valence-electron chi connectivity index (χ4n) is 1.47. The van der Waals surface area contributed by atoms with E-state index in [0.717, 1.165) is 0 Å². The number of nitro benzene ring substituents is 2. The number of nitro groups is 2. The molecule has 10 nitrogen and oxygen atoms in total. The van der Waals surface area contributed by atoms with E-state index in [4.69, 9.17) is 0 Å². The average Bonchev–Trinajstić information content (AvgIpc) is 2.44. The monoisotopic (exact) mass is 329 g/mol. The van der Waals surface area contributed by atoms with Gasteiger partial charge in [0.05, 0.1) is 28.2 Å². The van der Waals surface area contributed by atoms with Crippen LogP contribution in [0.3, 0.4) is 0 Å². The van der Waals surface area contributed by atoms with Gasteiger partial charge in [-0.1, -0.05) is 0 Å². The quantitative estimate of drug-likeness (QED) is 0.301. The van der Waals surface area contributed by atoms with Crippen molar-refractivity contribution in [3.05, 3.63) is 37.9 Å². The van der Waals surface area contributed by atoms with Crippen molar-refractivity contribution >= 4 is 35.1 Å². The Hall–Kier alpha value is -2.69. The Morgan fingerprint density at radius 3 is 2.05 bits per heavy atom. The standard InChI is InChI=1S/C11H10N2O8S/c1-2-21-9(14)5-22-10-7(12(17)18)3-6(11(15)16)4-8(10)13(19)20/h3-4H,2,5H2,1H3,(H,15,16)/p-1. The molecule has 0 spiro atoms. The predicted octanol–water partition coefficient (Wildman–Crippen LogP) is 0.522. The van der Waals surface area contributed by atoms with Crippen LogP contribution in [-0.2, 0) is 9.53 Å². The maximum atomic E-state index is 11.3. The molecule has 22 heavy (non-hydrogen) atoms. The number of aromatic carboxylic acids is 1. The number of esters is 1. The molecule has 0 unspecified atom stereocenters. The minimum absolute atomic E-state index is 0.0905. The Bertz CT molecular complexity index is 610. The van der Waals surface area contributed by atoms with Gasteiger partial charge in [0.25, 0.3) is 11.4 Å². The molecule has 0 aliphatic heterocycles. The summed E-state index contributed by atoms with van der Waals surface area (Å²) in [6.07, 6.45) is 0. The van der Waals surface area contributed by atoms with Crippen LogP contribution >= 0.6 is 11.8 Å². The van der Waals surface area contributed by atoms with Gasteiger partial charge in [0.2, 0.25) is 0 Å². The van der Waals surface area contributed by atoms with Crippen LogP contribution in [0.5, 0.6) is 0 Å². The SMILES string of the molecule is CCOC(=O)CSc1c([N+](=O)[O-])cc(C(=O)[O-])cc1[N+](=O)[O-]. The molecule has 0 atom stereocenters. The largest absolute Gasteiger partial charge is 0.545 e. The van der Waals surface area contributed by atoms with E-state index in [9.17, 15) is 34.9 Å². The highest BCUT2D eigenvalue weighted by atomic mass is 32.2. The average molecular weight is 329 g/mol. The van der Waals surface area contributed by atoms with Crippen LogP contribution in [0.4, 0.5) is 11.4 Å². The van der Waals surface area contributed by atoms with Gasteiger partial charge >= 0.3 is 5.97 Å². The number of carbonyl (C=O) groups is 2. The molecule has 1 aromatic rings. The first kappa shape index (κ1) is 17.4. The molecule has 0 saturated carbocycles. The Morgan fingerprint density at radius 2 is 1.68 bits per heavy atom.